The summed E-state index contributed by atoms with van der Waals surface area (Å²) in [6, 6.07) is 5.00. The number of aliphatic hydroxyl groups is 1. The van der Waals surface area contributed by atoms with E-state index < -0.39 is 0 Å². The van der Waals surface area contributed by atoms with Crippen LogP contribution in [0.1, 0.15) is 31.4 Å². The van der Waals surface area contributed by atoms with Crippen LogP contribution < -0.4 is 10.6 Å². The summed E-state index contributed by atoms with van der Waals surface area (Å²) >= 11 is 0. The lowest BCUT2D eigenvalue weighted by atomic mass is 10.1. The number of nitrogens with two attached hydrogens (primary N) is 1. The Morgan fingerprint density at radius 1 is 1.59 bits per heavy atom. The molecule has 1 heterocycles. The number of nitrogens with zero attached hydrogens (tertiary/aromatic N) is 1. The molecule has 3 nitrogen and oxygen atoms in total. The van der Waals surface area contributed by atoms with Gasteiger partial charge in [0.15, 0.2) is 0 Å². The highest BCUT2D eigenvalue weighted by molar-refractivity contribution is 5.51. The van der Waals surface area contributed by atoms with Gasteiger partial charge in [0.05, 0.1) is 18.3 Å². The summed E-state index contributed by atoms with van der Waals surface area (Å²) in [7, 11) is 0. The Kier molecular flexibility index (Phi) is 3.64. The van der Waals surface area contributed by atoms with Crippen LogP contribution in [0.3, 0.4) is 0 Å². The van der Waals surface area contributed by atoms with E-state index in [0.717, 1.165) is 24.9 Å². The molecule has 0 spiro atoms. The number of halogens is 1. The van der Waals surface area contributed by atoms with Crippen molar-refractivity contribution < 1.29 is 9.50 Å². The molecule has 1 aliphatic rings. The van der Waals surface area contributed by atoms with Crippen LogP contribution >= 0.6 is 0 Å². The number of aliphatic hydroxyl groups excluding tert-OH is 1. The first-order valence-electron chi connectivity index (χ1n) is 6.06. The fourth-order valence-corrected chi connectivity index (χ4v) is 2.38. The first-order chi connectivity index (χ1) is 8.13. The Labute approximate surface area is 101 Å². The third-order valence-corrected chi connectivity index (χ3v) is 3.39. The van der Waals surface area contributed by atoms with Crippen molar-refractivity contribution in [2.45, 2.75) is 31.8 Å². The van der Waals surface area contributed by atoms with Gasteiger partial charge in [-0.25, -0.2) is 4.39 Å². The average Bonchev–Trinajstić information content (AvgIpc) is 2.76. The first-order valence-corrected chi connectivity index (χ1v) is 6.06. The van der Waals surface area contributed by atoms with Gasteiger partial charge in [-0.15, -0.1) is 0 Å². The molecule has 94 valence electrons. The largest absolute Gasteiger partial charge is 0.394 e. The number of benzene rings is 1. The summed E-state index contributed by atoms with van der Waals surface area (Å²) in [5.41, 5.74) is 7.09. The van der Waals surface area contributed by atoms with Crippen LogP contribution in [0.25, 0.3) is 0 Å². The van der Waals surface area contributed by atoms with Crippen LogP contribution in [0.4, 0.5) is 10.1 Å². The monoisotopic (exact) mass is 238 g/mol. The zero-order valence-electron chi connectivity index (χ0n) is 10.1. The van der Waals surface area contributed by atoms with Gasteiger partial charge in [0.1, 0.15) is 5.82 Å². The molecule has 17 heavy (non-hydrogen) atoms. The Hall–Kier alpha value is -1.13. The van der Waals surface area contributed by atoms with Crippen molar-refractivity contribution >= 4 is 5.69 Å². The van der Waals surface area contributed by atoms with Crippen LogP contribution in [-0.4, -0.2) is 24.3 Å². The molecule has 4 heteroatoms. The Bertz CT molecular complexity index is 395. The molecule has 0 saturated carbocycles. The lowest BCUT2D eigenvalue weighted by Gasteiger charge is -2.26. The third kappa shape index (κ3) is 2.42. The molecule has 3 N–H and O–H groups in total. The Balaban J connectivity index is 2.27. The number of anilines is 1. The standard InChI is InChI=1S/C13H19FN2O/c1-9(15)10-4-5-13(12(14)7-10)16-6-2-3-11(16)8-17/h4-5,7,9,11,17H,2-3,6,8,15H2,1H3/t9-,11?/m0/s1. The van der Waals surface area contributed by atoms with Gasteiger partial charge in [-0.3, -0.25) is 0 Å². The molecule has 1 aromatic carbocycles. The molecular formula is C13H19FN2O. The average molecular weight is 238 g/mol. The highest BCUT2D eigenvalue weighted by atomic mass is 19.1. The third-order valence-electron chi connectivity index (χ3n) is 3.39. The van der Waals surface area contributed by atoms with E-state index in [9.17, 15) is 9.50 Å². The van der Waals surface area contributed by atoms with E-state index >= 15 is 0 Å². The van der Waals surface area contributed by atoms with Crippen molar-refractivity contribution in [1.29, 1.82) is 0 Å². The van der Waals surface area contributed by atoms with Gasteiger partial charge in [-0.1, -0.05) is 6.07 Å². The van der Waals surface area contributed by atoms with Gasteiger partial charge < -0.3 is 15.7 Å². The van der Waals surface area contributed by atoms with Crippen LogP contribution in [0.15, 0.2) is 18.2 Å². The van der Waals surface area contributed by atoms with E-state index in [1.807, 2.05) is 17.9 Å². The number of hydrogen-bond acceptors (Lipinski definition) is 3. The summed E-state index contributed by atoms with van der Waals surface area (Å²) in [4.78, 5) is 1.94. The summed E-state index contributed by atoms with van der Waals surface area (Å²) in [6.07, 6.45) is 1.92. The van der Waals surface area contributed by atoms with Gasteiger partial charge in [0.2, 0.25) is 0 Å². The van der Waals surface area contributed by atoms with Crippen LogP contribution in [0.5, 0.6) is 0 Å². The van der Waals surface area contributed by atoms with Crippen LogP contribution in [-0.2, 0) is 0 Å². The van der Waals surface area contributed by atoms with Crippen molar-refractivity contribution in [3.63, 3.8) is 0 Å². The van der Waals surface area contributed by atoms with Crippen molar-refractivity contribution in [2.75, 3.05) is 18.1 Å². The second kappa shape index (κ2) is 5.02. The SMILES string of the molecule is C[C@H](N)c1ccc(N2CCCC2CO)c(F)c1. The molecule has 2 atom stereocenters. The fraction of sp³-hybridized carbons (Fsp3) is 0.538. The van der Waals surface area contributed by atoms with E-state index in [-0.39, 0.29) is 24.5 Å². The van der Waals surface area contributed by atoms with E-state index in [1.54, 1.807) is 6.07 Å². The lowest BCUT2D eigenvalue weighted by molar-refractivity contribution is 0.266. The lowest BCUT2D eigenvalue weighted by Crippen LogP contribution is -2.32. The van der Waals surface area contributed by atoms with Crippen LogP contribution in [0, 0.1) is 5.82 Å². The topological polar surface area (TPSA) is 49.5 Å². The molecule has 1 unspecified atom stereocenters. The second-order valence-electron chi connectivity index (χ2n) is 4.67. The molecule has 0 radical (unpaired) electrons. The molecule has 1 aliphatic heterocycles. The Morgan fingerprint density at radius 3 is 2.94 bits per heavy atom. The summed E-state index contributed by atoms with van der Waals surface area (Å²) in [5.74, 6) is -0.250. The molecular weight excluding hydrogens is 219 g/mol. The van der Waals surface area contributed by atoms with E-state index in [2.05, 4.69) is 0 Å². The highest BCUT2D eigenvalue weighted by Crippen LogP contribution is 2.29. The van der Waals surface area contributed by atoms with E-state index in [1.165, 1.54) is 6.07 Å². The summed E-state index contributed by atoms with van der Waals surface area (Å²) in [6.45, 7) is 2.72. The number of hydrogen-bond donors (Lipinski definition) is 2. The molecule has 0 amide bonds. The molecule has 1 saturated heterocycles. The predicted octanol–water partition coefficient (Wildman–Crippen LogP) is 1.81. The predicted molar refractivity (Wildman–Crippen MR) is 66.5 cm³/mol. The minimum Gasteiger partial charge on any atom is -0.394 e. The molecule has 1 fully saturated rings. The van der Waals surface area contributed by atoms with Crippen LogP contribution in [0.2, 0.25) is 0 Å². The summed E-state index contributed by atoms with van der Waals surface area (Å²) < 4.78 is 14.0. The first kappa shape index (κ1) is 12.3. The van der Waals surface area contributed by atoms with Gasteiger partial charge in [0.25, 0.3) is 0 Å². The van der Waals surface area contributed by atoms with E-state index in [4.69, 9.17) is 5.73 Å². The van der Waals surface area contributed by atoms with Gasteiger partial charge in [-0.05, 0) is 37.5 Å². The van der Waals surface area contributed by atoms with Crippen molar-refractivity contribution in [3.05, 3.63) is 29.6 Å². The minimum atomic E-state index is -0.250. The normalized spacial score (nSPS) is 21.9. The maximum absolute atomic E-state index is 14.0. The van der Waals surface area contributed by atoms with Crippen molar-refractivity contribution in [2.24, 2.45) is 5.73 Å². The van der Waals surface area contributed by atoms with E-state index in [0.29, 0.717) is 5.69 Å². The smallest absolute Gasteiger partial charge is 0.146 e. The van der Waals surface area contributed by atoms with Gasteiger partial charge >= 0.3 is 0 Å². The second-order valence-corrected chi connectivity index (χ2v) is 4.67. The number of rotatable bonds is 3. The molecule has 0 aromatic heterocycles. The van der Waals surface area contributed by atoms with Gasteiger partial charge in [-0.2, -0.15) is 0 Å². The zero-order chi connectivity index (χ0) is 12.4. The summed E-state index contributed by atoms with van der Waals surface area (Å²) in [5, 5.41) is 9.25. The highest BCUT2D eigenvalue weighted by Gasteiger charge is 2.26. The van der Waals surface area contributed by atoms with Gasteiger partial charge in [0, 0.05) is 12.6 Å². The Morgan fingerprint density at radius 2 is 2.35 bits per heavy atom. The maximum Gasteiger partial charge on any atom is 0.146 e. The zero-order valence-corrected chi connectivity index (χ0v) is 10.1. The molecule has 0 bridgehead atoms. The molecule has 1 aromatic rings. The quantitative estimate of drug-likeness (QED) is 0.844. The molecule has 0 aliphatic carbocycles. The maximum atomic E-state index is 14.0. The van der Waals surface area contributed by atoms with Crippen molar-refractivity contribution in [3.8, 4) is 0 Å². The fourth-order valence-electron chi connectivity index (χ4n) is 2.38. The molecule has 2 rings (SSSR count). The minimum absolute atomic E-state index is 0.0469. The van der Waals surface area contributed by atoms with Crippen molar-refractivity contribution in [1.82, 2.24) is 0 Å².